The van der Waals surface area contributed by atoms with Crippen molar-refractivity contribution in [2.24, 2.45) is 11.1 Å². The van der Waals surface area contributed by atoms with Gasteiger partial charge in [0.05, 0.1) is 9.79 Å². The average Bonchev–Trinajstić information content (AvgIpc) is 3.37. The lowest BCUT2D eigenvalue weighted by Crippen LogP contribution is -2.45. The normalized spacial score (nSPS) is 21.0. The van der Waals surface area contributed by atoms with Gasteiger partial charge < -0.3 is 5.32 Å². The number of primary sulfonamides is 1. The second-order valence-electron chi connectivity index (χ2n) is 6.55. The van der Waals surface area contributed by atoms with E-state index in [-0.39, 0.29) is 9.79 Å². The van der Waals surface area contributed by atoms with Crippen LogP contribution < -0.4 is 10.5 Å². The predicted octanol–water partition coefficient (Wildman–Crippen LogP) is 0.487. The van der Waals surface area contributed by atoms with Crippen LogP contribution in [0.25, 0.3) is 0 Å². The number of piperidine rings is 1. The molecule has 24 heavy (non-hydrogen) atoms. The second-order valence-corrected chi connectivity index (χ2v) is 10.0. The van der Waals surface area contributed by atoms with Gasteiger partial charge in [-0.3, -0.25) is 0 Å². The highest BCUT2D eigenvalue weighted by Gasteiger charge is 2.30. The van der Waals surface area contributed by atoms with Crippen molar-refractivity contribution in [2.45, 2.75) is 41.5 Å². The molecule has 1 aromatic carbocycles. The molecule has 0 atom stereocenters. The fourth-order valence-corrected chi connectivity index (χ4v) is 5.07. The van der Waals surface area contributed by atoms with Gasteiger partial charge in [0.1, 0.15) is 0 Å². The first kappa shape index (κ1) is 17.8. The molecule has 3 N–H and O–H groups in total. The first-order valence-corrected chi connectivity index (χ1v) is 11.1. The minimum Gasteiger partial charge on any atom is -0.314 e. The maximum absolute atomic E-state index is 12.7. The van der Waals surface area contributed by atoms with Crippen LogP contribution in [0.4, 0.5) is 0 Å². The second kappa shape index (κ2) is 6.72. The summed E-state index contributed by atoms with van der Waals surface area (Å²) < 4.78 is 49.7. The van der Waals surface area contributed by atoms with E-state index in [1.54, 1.807) is 0 Å². The molecule has 1 saturated carbocycles. The van der Waals surface area contributed by atoms with E-state index in [0.29, 0.717) is 19.1 Å². The molecule has 1 aromatic rings. The average molecular weight is 374 g/mol. The van der Waals surface area contributed by atoms with Crippen LogP contribution in [0.5, 0.6) is 0 Å². The number of nitrogens with zero attached hydrogens (tertiary/aromatic N) is 1. The fraction of sp³-hybridized carbons (Fsp3) is 0.600. The lowest BCUT2D eigenvalue weighted by Gasteiger charge is -2.31. The van der Waals surface area contributed by atoms with E-state index in [9.17, 15) is 16.8 Å². The maximum Gasteiger partial charge on any atom is 0.243 e. The summed E-state index contributed by atoms with van der Waals surface area (Å²) in [6, 6.07) is 5.58. The summed E-state index contributed by atoms with van der Waals surface area (Å²) in [6.45, 7) is 1.89. The van der Waals surface area contributed by atoms with Gasteiger partial charge in [-0.2, -0.15) is 4.31 Å². The van der Waals surface area contributed by atoms with Crippen molar-refractivity contribution >= 4 is 20.0 Å². The largest absolute Gasteiger partial charge is 0.314 e. The van der Waals surface area contributed by atoms with Crippen LogP contribution in [0, 0.1) is 5.92 Å². The molecule has 0 aromatic heterocycles. The number of hydrogen-bond donors (Lipinski definition) is 2. The third-order valence-corrected chi connectivity index (χ3v) is 7.42. The van der Waals surface area contributed by atoms with Crippen molar-refractivity contribution in [1.82, 2.24) is 9.62 Å². The lowest BCUT2D eigenvalue weighted by molar-refractivity contribution is 0.288. The Morgan fingerprint density at radius 3 is 2.25 bits per heavy atom. The number of benzene rings is 1. The first-order valence-electron chi connectivity index (χ1n) is 8.13. The van der Waals surface area contributed by atoms with Crippen molar-refractivity contribution in [3.05, 3.63) is 24.3 Å². The number of sulfonamides is 2. The van der Waals surface area contributed by atoms with Gasteiger partial charge in [-0.05, 0) is 56.3 Å². The van der Waals surface area contributed by atoms with Crippen LogP contribution in [0.1, 0.15) is 25.7 Å². The molecule has 1 heterocycles. The monoisotopic (exact) mass is 373 g/mol. The van der Waals surface area contributed by atoms with Gasteiger partial charge in [-0.1, -0.05) is 6.07 Å². The Morgan fingerprint density at radius 1 is 1.04 bits per heavy atom. The van der Waals surface area contributed by atoms with Gasteiger partial charge in [0.25, 0.3) is 0 Å². The summed E-state index contributed by atoms with van der Waals surface area (Å²) >= 11 is 0. The Morgan fingerprint density at radius 2 is 1.67 bits per heavy atom. The molecule has 134 valence electrons. The van der Waals surface area contributed by atoms with Crippen LogP contribution in [-0.2, 0) is 20.0 Å². The van der Waals surface area contributed by atoms with Crippen LogP contribution in [-0.4, -0.2) is 46.8 Å². The minimum atomic E-state index is -3.93. The summed E-state index contributed by atoms with van der Waals surface area (Å²) in [6.07, 6.45) is 4.11. The van der Waals surface area contributed by atoms with Crippen molar-refractivity contribution in [2.75, 3.05) is 19.6 Å². The summed E-state index contributed by atoms with van der Waals surface area (Å²) in [5, 5.41) is 8.59. The van der Waals surface area contributed by atoms with Crippen molar-refractivity contribution < 1.29 is 16.8 Å². The number of nitrogens with two attached hydrogens (primary N) is 1. The third-order valence-electron chi connectivity index (χ3n) is 4.62. The van der Waals surface area contributed by atoms with E-state index in [4.69, 9.17) is 5.14 Å². The van der Waals surface area contributed by atoms with E-state index < -0.39 is 20.0 Å². The summed E-state index contributed by atoms with van der Waals surface area (Å²) in [5.41, 5.74) is 0. The zero-order valence-electron chi connectivity index (χ0n) is 13.4. The Kier molecular flexibility index (Phi) is 4.99. The molecular formula is C15H23N3O4S2. The Hall–Kier alpha value is -1.00. The lowest BCUT2D eigenvalue weighted by atomic mass is 10.1. The zero-order valence-corrected chi connectivity index (χ0v) is 15.0. The van der Waals surface area contributed by atoms with Gasteiger partial charge in [0, 0.05) is 19.1 Å². The Bertz CT molecular complexity index is 796. The molecule has 1 saturated heterocycles. The molecule has 0 radical (unpaired) electrons. The molecule has 0 bridgehead atoms. The van der Waals surface area contributed by atoms with Gasteiger partial charge >= 0.3 is 0 Å². The molecule has 9 heteroatoms. The molecule has 2 fully saturated rings. The molecular weight excluding hydrogens is 350 g/mol. The quantitative estimate of drug-likeness (QED) is 0.754. The highest BCUT2D eigenvalue weighted by Crippen LogP contribution is 2.28. The maximum atomic E-state index is 12.7. The topological polar surface area (TPSA) is 110 Å². The summed E-state index contributed by atoms with van der Waals surface area (Å²) in [4.78, 5) is -0.219. The molecule has 1 aliphatic heterocycles. The minimum absolute atomic E-state index is 0.0292. The Balaban J connectivity index is 1.67. The van der Waals surface area contributed by atoms with Crippen molar-refractivity contribution in [3.8, 4) is 0 Å². The van der Waals surface area contributed by atoms with E-state index in [1.165, 1.54) is 35.3 Å². The van der Waals surface area contributed by atoms with Gasteiger partial charge in [0.2, 0.25) is 20.0 Å². The summed E-state index contributed by atoms with van der Waals surface area (Å²) in [5.74, 6) is 0.799. The number of nitrogens with one attached hydrogen (secondary N) is 1. The van der Waals surface area contributed by atoms with E-state index in [0.717, 1.165) is 31.4 Å². The van der Waals surface area contributed by atoms with Crippen LogP contribution >= 0.6 is 0 Å². The molecule has 0 amide bonds. The first-order chi connectivity index (χ1) is 11.3. The van der Waals surface area contributed by atoms with Crippen LogP contribution in [0.3, 0.4) is 0 Å². The smallest absolute Gasteiger partial charge is 0.243 e. The molecule has 3 rings (SSSR count). The zero-order chi connectivity index (χ0) is 17.4. The highest BCUT2D eigenvalue weighted by atomic mass is 32.2. The fourth-order valence-electron chi connectivity index (χ4n) is 2.92. The van der Waals surface area contributed by atoms with E-state index in [2.05, 4.69) is 5.32 Å². The molecule has 7 nitrogen and oxygen atoms in total. The van der Waals surface area contributed by atoms with Crippen molar-refractivity contribution in [1.29, 1.82) is 0 Å². The number of rotatable bonds is 6. The van der Waals surface area contributed by atoms with Gasteiger partial charge in [0.15, 0.2) is 0 Å². The standard InChI is InChI=1S/C15H23N3O4S2/c16-23(19,20)14-2-1-3-15(10-14)24(21,22)18-8-6-13(7-9-18)17-11-12-4-5-12/h1-3,10,12-13,17H,4-9,11H2,(H2,16,19,20). The predicted molar refractivity (Wildman–Crippen MR) is 90.3 cm³/mol. The van der Waals surface area contributed by atoms with Crippen LogP contribution in [0.15, 0.2) is 34.1 Å². The highest BCUT2D eigenvalue weighted by molar-refractivity contribution is 7.90. The number of hydrogen-bond acceptors (Lipinski definition) is 5. The van der Waals surface area contributed by atoms with E-state index >= 15 is 0 Å². The van der Waals surface area contributed by atoms with Gasteiger partial charge in [-0.25, -0.2) is 22.0 Å². The van der Waals surface area contributed by atoms with E-state index in [1.807, 2.05) is 0 Å². The SMILES string of the molecule is NS(=O)(=O)c1cccc(S(=O)(=O)N2CCC(NCC3CC3)CC2)c1. The van der Waals surface area contributed by atoms with Crippen LogP contribution in [0.2, 0.25) is 0 Å². The summed E-state index contributed by atoms with van der Waals surface area (Å²) in [7, 11) is -7.63. The third kappa shape index (κ3) is 4.15. The Labute approximate surface area is 143 Å². The van der Waals surface area contributed by atoms with Crippen molar-refractivity contribution in [3.63, 3.8) is 0 Å². The van der Waals surface area contributed by atoms with Gasteiger partial charge in [-0.15, -0.1) is 0 Å². The molecule has 1 aliphatic carbocycles. The molecule has 2 aliphatic rings. The molecule has 0 spiro atoms. The molecule has 0 unspecified atom stereocenters.